The molecule has 0 spiro atoms. The van der Waals surface area contributed by atoms with Crippen LogP contribution in [0.5, 0.6) is 5.75 Å². The maximum Gasteiger partial charge on any atom is 0.115 e. The van der Waals surface area contributed by atoms with Crippen LogP contribution in [0.15, 0.2) is 18.2 Å². The zero-order chi connectivity index (χ0) is 14.2. The van der Waals surface area contributed by atoms with Gasteiger partial charge >= 0.3 is 0 Å². The molecule has 3 rings (SSSR count). The van der Waals surface area contributed by atoms with Crippen molar-refractivity contribution in [2.45, 2.75) is 50.7 Å². The molecule has 20 heavy (non-hydrogen) atoms. The first-order valence-electron chi connectivity index (χ1n) is 7.72. The summed E-state index contributed by atoms with van der Waals surface area (Å²) < 4.78 is 5.72. The molecule has 0 aromatic heterocycles. The number of aryl methyl sites for hydroxylation is 1. The number of methoxy groups -OCH3 is 1. The Kier molecular flexibility index (Phi) is 3.74. The Morgan fingerprint density at radius 1 is 1.35 bits per heavy atom. The lowest BCUT2D eigenvalue weighted by Crippen LogP contribution is -2.49. The molecule has 1 heterocycles. The highest BCUT2D eigenvalue weighted by Crippen LogP contribution is 2.39. The molecule has 2 aliphatic rings. The van der Waals surface area contributed by atoms with Crippen molar-refractivity contribution >= 4 is 0 Å². The number of rotatable bonds is 2. The molecule has 2 atom stereocenters. The average Bonchev–Trinajstić information content (AvgIpc) is 2.46. The molecular weight excluding hydrogens is 250 g/mol. The van der Waals surface area contributed by atoms with Gasteiger partial charge in [0, 0.05) is 19.7 Å². The van der Waals surface area contributed by atoms with E-state index in [4.69, 9.17) is 4.74 Å². The SMILES string of the molecule is COC1(C)CCCN(C2CCCc3ccc(O)cc32)C1. The maximum absolute atomic E-state index is 9.81. The van der Waals surface area contributed by atoms with Crippen LogP contribution < -0.4 is 0 Å². The van der Waals surface area contributed by atoms with E-state index >= 15 is 0 Å². The van der Waals surface area contributed by atoms with E-state index in [2.05, 4.69) is 17.9 Å². The van der Waals surface area contributed by atoms with Gasteiger partial charge in [-0.15, -0.1) is 0 Å². The van der Waals surface area contributed by atoms with Gasteiger partial charge in [-0.25, -0.2) is 0 Å². The summed E-state index contributed by atoms with van der Waals surface area (Å²) in [6.45, 7) is 4.34. The summed E-state index contributed by atoms with van der Waals surface area (Å²) >= 11 is 0. The van der Waals surface area contributed by atoms with E-state index in [0.29, 0.717) is 11.8 Å². The summed E-state index contributed by atoms with van der Waals surface area (Å²) in [5, 5.41) is 9.81. The molecular formula is C17H25NO2. The molecule has 0 radical (unpaired) electrons. The number of benzene rings is 1. The lowest BCUT2D eigenvalue weighted by molar-refractivity contribution is -0.0633. The Labute approximate surface area is 121 Å². The summed E-state index contributed by atoms with van der Waals surface area (Å²) in [7, 11) is 1.82. The minimum absolute atomic E-state index is 0.0211. The molecule has 1 aliphatic carbocycles. The molecule has 2 unspecified atom stereocenters. The molecule has 1 fully saturated rings. The number of ether oxygens (including phenoxy) is 1. The fourth-order valence-electron chi connectivity index (χ4n) is 3.82. The monoisotopic (exact) mass is 275 g/mol. The minimum atomic E-state index is -0.0211. The summed E-state index contributed by atoms with van der Waals surface area (Å²) in [6.07, 6.45) is 5.90. The fourth-order valence-corrected chi connectivity index (χ4v) is 3.82. The van der Waals surface area contributed by atoms with E-state index in [-0.39, 0.29) is 5.60 Å². The largest absolute Gasteiger partial charge is 0.508 e. The fraction of sp³-hybridized carbons (Fsp3) is 0.647. The normalized spacial score (nSPS) is 31.0. The van der Waals surface area contributed by atoms with Gasteiger partial charge < -0.3 is 9.84 Å². The van der Waals surface area contributed by atoms with Gasteiger partial charge in [0.2, 0.25) is 0 Å². The van der Waals surface area contributed by atoms with Crippen molar-refractivity contribution < 1.29 is 9.84 Å². The van der Waals surface area contributed by atoms with Crippen molar-refractivity contribution in [1.82, 2.24) is 4.90 Å². The zero-order valence-electron chi connectivity index (χ0n) is 12.6. The Bertz CT molecular complexity index is 488. The highest BCUT2D eigenvalue weighted by Gasteiger charge is 2.35. The van der Waals surface area contributed by atoms with E-state index in [0.717, 1.165) is 25.9 Å². The number of hydrogen-bond donors (Lipinski definition) is 1. The van der Waals surface area contributed by atoms with Crippen LogP contribution in [0.25, 0.3) is 0 Å². The zero-order valence-corrected chi connectivity index (χ0v) is 12.6. The molecule has 1 N–H and O–H groups in total. The number of piperidine rings is 1. The van der Waals surface area contributed by atoms with Gasteiger partial charge in [-0.05, 0) is 68.8 Å². The molecule has 3 heteroatoms. The molecule has 110 valence electrons. The van der Waals surface area contributed by atoms with Crippen molar-refractivity contribution in [2.24, 2.45) is 0 Å². The summed E-state index contributed by atoms with van der Waals surface area (Å²) in [4.78, 5) is 2.56. The molecule has 1 aromatic rings. The predicted molar refractivity (Wildman–Crippen MR) is 80.0 cm³/mol. The second-order valence-electron chi connectivity index (χ2n) is 6.52. The van der Waals surface area contributed by atoms with Crippen LogP contribution >= 0.6 is 0 Å². The molecule has 1 aromatic carbocycles. The van der Waals surface area contributed by atoms with Gasteiger partial charge in [0.25, 0.3) is 0 Å². The third-order valence-electron chi connectivity index (χ3n) is 5.03. The van der Waals surface area contributed by atoms with Crippen LogP contribution in [-0.4, -0.2) is 35.8 Å². The van der Waals surface area contributed by atoms with Gasteiger partial charge in [-0.2, -0.15) is 0 Å². The number of likely N-dealkylation sites (tertiary alicyclic amines) is 1. The van der Waals surface area contributed by atoms with Crippen LogP contribution in [0, 0.1) is 0 Å². The topological polar surface area (TPSA) is 32.7 Å². The Balaban J connectivity index is 1.87. The van der Waals surface area contributed by atoms with E-state index in [9.17, 15) is 5.11 Å². The van der Waals surface area contributed by atoms with Gasteiger partial charge in [0.15, 0.2) is 0 Å². The van der Waals surface area contributed by atoms with Crippen molar-refractivity contribution in [2.75, 3.05) is 20.2 Å². The minimum Gasteiger partial charge on any atom is -0.508 e. The lowest BCUT2D eigenvalue weighted by atomic mass is 9.84. The average molecular weight is 275 g/mol. The van der Waals surface area contributed by atoms with E-state index < -0.39 is 0 Å². The van der Waals surface area contributed by atoms with Crippen molar-refractivity contribution in [3.63, 3.8) is 0 Å². The third kappa shape index (κ3) is 2.57. The lowest BCUT2D eigenvalue weighted by Gasteiger charge is -2.44. The number of nitrogens with zero attached hydrogens (tertiary/aromatic N) is 1. The number of hydrogen-bond acceptors (Lipinski definition) is 3. The molecule has 3 nitrogen and oxygen atoms in total. The van der Waals surface area contributed by atoms with Crippen LogP contribution in [0.1, 0.15) is 49.8 Å². The van der Waals surface area contributed by atoms with Crippen LogP contribution in [0.3, 0.4) is 0 Å². The summed E-state index contributed by atoms with van der Waals surface area (Å²) in [6, 6.07) is 6.32. The van der Waals surface area contributed by atoms with Gasteiger partial charge in [0.05, 0.1) is 5.60 Å². The number of phenolic OH excluding ortho intramolecular Hbond substituents is 1. The molecule has 0 amide bonds. The first kappa shape index (κ1) is 13.9. The second kappa shape index (κ2) is 5.38. The Morgan fingerprint density at radius 3 is 3.00 bits per heavy atom. The van der Waals surface area contributed by atoms with E-state index in [1.165, 1.54) is 30.4 Å². The van der Waals surface area contributed by atoms with Crippen molar-refractivity contribution in [3.8, 4) is 5.75 Å². The smallest absolute Gasteiger partial charge is 0.115 e. The summed E-state index contributed by atoms with van der Waals surface area (Å²) in [5.74, 6) is 0.391. The number of fused-ring (bicyclic) bond motifs is 1. The van der Waals surface area contributed by atoms with E-state index in [1.54, 1.807) is 0 Å². The van der Waals surface area contributed by atoms with E-state index in [1.807, 2.05) is 19.2 Å². The number of aromatic hydroxyl groups is 1. The standard InChI is InChI=1S/C17H25NO2/c1-17(20-2)9-4-10-18(12-17)16-6-3-5-13-7-8-14(19)11-15(13)16/h7-8,11,16,19H,3-6,9-10,12H2,1-2H3. The van der Waals surface area contributed by atoms with Gasteiger partial charge in [-0.3, -0.25) is 4.90 Å². The summed E-state index contributed by atoms with van der Waals surface area (Å²) in [5.41, 5.74) is 2.72. The molecule has 1 saturated heterocycles. The second-order valence-corrected chi connectivity index (χ2v) is 6.52. The first-order valence-corrected chi connectivity index (χ1v) is 7.72. The molecule has 0 saturated carbocycles. The third-order valence-corrected chi connectivity index (χ3v) is 5.03. The number of phenols is 1. The van der Waals surface area contributed by atoms with Crippen molar-refractivity contribution in [1.29, 1.82) is 0 Å². The Hall–Kier alpha value is -1.06. The predicted octanol–water partition coefficient (Wildman–Crippen LogP) is 3.27. The first-order chi connectivity index (χ1) is 9.61. The van der Waals surface area contributed by atoms with Crippen LogP contribution in [0.2, 0.25) is 0 Å². The van der Waals surface area contributed by atoms with Crippen molar-refractivity contribution in [3.05, 3.63) is 29.3 Å². The Morgan fingerprint density at radius 2 is 2.20 bits per heavy atom. The highest BCUT2D eigenvalue weighted by atomic mass is 16.5. The maximum atomic E-state index is 9.81. The molecule has 0 bridgehead atoms. The quantitative estimate of drug-likeness (QED) is 0.899. The van der Waals surface area contributed by atoms with Gasteiger partial charge in [0.1, 0.15) is 5.75 Å². The van der Waals surface area contributed by atoms with Gasteiger partial charge in [-0.1, -0.05) is 6.07 Å². The molecule has 1 aliphatic heterocycles. The van der Waals surface area contributed by atoms with Crippen LogP contribution in [-0.2, 0) is 11.2 Å². The van der Waals surface area contributed by atoms with Crippen LogP contribution in [0.4, 0.5) is 0 Å². The highest BCUT2D eigenvalue weighted by molar-refractivity contribution is 5.38.